The summed E-state index contributed by atoms with van der Waals surface area (Å²) in [7, 11) is 0. The molecule has 0 bridgehead atoms. The van der Waals surface area contributed by atoms with Gasteiger partial charge in [0, 0.05) is 17.0 Å². The van der Waals surface area contributed by atoms with Crippen molar-refractivity contribution >= 4 is 50.6 Å². The molecule has 90 valence electrons. The van der Waals surface area contributed by atoms with Gasteiger partial charge in [0.25, 0.3) is 0 Å². The molecule has 17 heavy (non-hydrogen) atoms. The van der Waals surface area contributed by atoms with Crippen molar-refractivity contribution in [2.24, 2.45) is 0 Å². The zero-order valence-corrected chi connectivity index (χ0v) is 11.8. The molecule has 1 N–H and O–H groups in total. The van der Waals surface area contributed by atoms with Gasteiger partial charge in [0.1, 0.15) is 5.52 Å². The maximum absolute atomic E-state index is 6.27. The van der Waals surface area contributed by atoms with Crippen molar-refractivity contribution in [1.82, 2.24) is 4.98 Å². The molecule has 0 amide bonds. The number of benzene rings is 1. The van der Waals surface area contributed by atoms with Crippen LogP contribution in [-0.4, -0.2) is 22.0 Å². The van der Waals surface area contributed by atoms with Crippen LogP contribution in [0.3, 0.4) is 0 Å². The van der Waals surface area contributed by atoms with Gasteiger partial charge in [-0.1, -0.05) is 18.5 Å². The number of nitrogens with one attached hydrogen (secondary N) is 1. The third kappa shape index (κ3) is 2.26. The molecule has 1 aliphatic heterocycles. The fourth-order valence-electron chi connectivity index (χ4n) is 2.17. The first kappa shape index (κ1) is 11.6. The van der Waals surface area contributed by atoms with E-state index in [1.807, 2.05) is 29.4 Å². The molecule has 1 fully saturated rings. The van der Waals surface area contributed by atoms with E-state index in [0.29, 0.717) is 6.04 Å². The summed E-state index contributed by atoms with van der Waals surface area (Å²) in [4.78, 5) is 4.41. The number of thiazole rings is 1. The van der Waals surface area contributed by atoms with Gasteiger partial charge < -0.3 is 5.32 Å². The minimum absolute atomic E-state index is 0.514. The van der Waals surface area contributed by atoms with Crippen LogP contribution in [-0.2, 0) is 0 Å². The highest BCUT2D eigenvalue weighted by atomic mass is 35.5. The molecular formula is C12H13ClN2S2. The number of halogens is 1. The van der Waals surface area contributed by atoms with Crippen LogP contribution in [0, 0.1) is 0 Å². The van der Waals surface area contributed by atoms with Crippen molar-refractivity contribution in [3.05, 3.63) is 22.7 Å². The second kappa shape index (κ2) is 4.67. The molecule has 2 nitrogen and oxygen atoms in total. The van der Waals surface area contributed by atoms with Crippen molar-refractivity contribution in [1.29, 1.82) is 0 Å². The number of hydrogen-bond donors (Lipinski definition) is 1. The lowest BCUT2D eigenvalue weighted by Crippen LogP contribution is -2.19. The second-order valence-corrected chi connectivity index (χ2v) is 7.11. The first-order valence-electron chi connectivity index (χ1n) is 5.64. The number of rotatable bonds is 2. The van der Waals surface area contributed by atoms with Gasteiger partial charge in [0.05, 0.1) is 20.9 Å². The number of anilines is 1. The predicted octanol–water partition coefficient (Wildman–Crippen LogP) is 4.26. The van der Waals surface area contributed by atoms with E-state index >= 15 is 0 Å². The average molecular weight is 285 g/mol. The maximum Gasteiger partial charge on any atom is 0.106 e. The van der Waals surface area contributed by atoms with Gasteiger partial charge in [-0.15, -0.1) is 11.3 Å². The van der Waals surface area contributed by atoms with Gasteiger partial charge in [0.15, 0.2) is 0 Å². The minimum atomic E-state index is 0.514. The molecular weight excluding hydrogens is 272 g/mol. The molecule has 1 aliphatic rings. The van der Waals surface area contributed by atoms with Crippen molar-refractivity contribution in [2.45, 2.75) is 24.6 Å². The summed E-state index contributed by atoms with van der Waals surface area (Å²) in [5, 5.41) is 5.07. The molecule has 2 aromatic rings. The molecule has 2 heterocycles. The molecule has 0 aliphatic carbocycles. The smallest absolute Gasteiger partial charge is 0.106 e. The van der Waals surface area contributed by atoms with Crippen molar-refractivity contribution < 1.29 is 0 Å². The molecule has 0 spiro atoms. The third-order valence-corrected chi connectivity index (χ3v) is 5.46. The number of hydrogen-bond acceptors (Lipinski definition) is 4. The van der Waals surface area contributed by atoms with E-state index in [2.05, 4.69) is 17.2 Å². The lowest BCUT2D eigenvalue weighted by Gasteiger charge is -2.15. The summed E-state index contributed by atoms with van der Waals surface area (Å²) in [6.45, 7) is 2.28. The van der Waals surface area contributed by atoms with E-state index in [1.165, 1.54) is 11.1 Å². The zero-order chi connectivity index (χ0) is 11.8. The van der Waals surface area contributed by atoms with Gasteiger partial charge in [-0.25, -0.2) is 4.98 Å². The van der Waals surface area contributed by atoms with Crippen LogP contribution in [0.25, 0.3) is 10.2 Å². The highest BCUT2D eigenvalue weighted by Crippen LogP contribution is 2.35. The number of thioether (sulfide) groups is 1. The summed E-state index contributed by atoms with van der Waals surface area (Å²) >= 11 is 9.94. The van der Waals surface area contributed by atoms with Crippen LogP contribution in [0.2, 0.25) is 5.02 Å². The van der Waals surface area contributed by atoms with E-state index in [4.69, 9.17) is 11.6 Å². The Labute approximate surface area is 114 Å². The van der Waals surface area contributed by atoms with Crippen molar-refractivity contribution in [3.63, 3.8) is 0 Å². The van der Waals surface area contributed by atoms with Gasteiger partial charge in [-0.3, -0.25) is 0 Å². The van der Waals surface area contributed by atoms with Crippen LogP contribution in [0.5, 0.6) is 0 Å². The Bertz CT molecular complexity index is 540. The Balaban J connectivity index is 1.93. The van der Waals surface area contributed by atoms with Crippen molar-refractivity contribution in [2.75, 3.05) is 11.1 Å². The third-order valence-electron chi connectivity index (χ3n) is 3.00. The summed E-state index contributed by atoms with van der Waals surface area (Å²) < 4.78 is 1.19. The summed E-state index contributed by atoms with van der Waals surface area (Å²) in [5.74, 6) is 1.15. The highest BCUT2D eigenvalue weighted by Gasteiger charge is 2.23. The Morgan fingerprint density at radius 3 is 3.12 bits per heavy atom. The SMILES string of the molecule is CC1CC(Nc2c(Cl)ccc3scnc23)CS1. The molecule has 0 radical (unpaired) electrons. The summed E-state index contributed by atoms with van der Waals surface area (Å²) in [6, 6.07) is 4.50. The molecule has 1 aromatic heterocycles. The first-order chi connectivity index (χ1) is 8.24. The van der Waals surface area contributed by atoms with E-state index in [9.17, 15) is 0 Å². The fraction of sp³-hybridized carbons (Fsp3) is 0.417. The summed E-state index contributed by atoms with van der Waals surface area (Å²) in [6.07, 6.45) is 1.20. The summed E-state index contributed by atoms with van der Waals surface area (Å²) in [5.41, 5.74) is 3.88. The predicted molar refractivity (Wildman–Crippen MR) is 78.6 cm³/mol. The normalized spacial score (nSPS) is 24.4. The lowest BCUT2D eigenvalue weighted by atomic mass is 10.2. The Kier molecular flexibility index (Phi) is 3.19. The van der Waals surface area contributed by atoms with Crippen LogP contribution < -0.4 is 5.32 Å². The molecule has 5 heteroatoms. The fourth-order valence-corrected chi connectivity index (χ4v) is 4.21. The number of fused-ring (bicyclic) bond motifs is 1. The van der Waals surface area contributed by atoms with E-state index in [-0.39, 0.29) is 0 Å². The lowest BCUT2D eigenvalue weighted by molar-refractivity contribution is 0.748. The van der Waals surface area contributed by atoms with Crippen LogP contribution in [0.4, 0.5) is 5.69 Å². The second-order valence-electron chi connectivity index (χ2n) is 4.34. The highest BCUT2D eigenvalue weighted by molar-refractivity contribution is 8.00. The van der Waals surface area contributed by atoms with Gasteiger partial charge in [-0.2, -0.15) is 11.8 Å². The van der Waals surface area contributed by atoms with Gasteiger partial charge in [0.2, 0.25) is 0 Å². The molecule has 3 rings (SSSR count). The van der Waals surface area contributed by atoms with E-state index < -0.39 is 0 Å². The monoisotopic (exact) mass is 284 g/mol. The molecule has 1 aromatic carbocycles. The molecule has 2 atom stereocenters. The largest absolute Gasteiger partial charge is 0.378 e. The topological polar surface area (TPSA) is 24.9 Å². The Hall–Kier alpha value is -0.450. The Morgan fingerprint density at radius 1 is 1.47 bits per heavy atom. The van der Waals surface area contributed by atoms with Crippen LogP contribution in [0.15, 0.2) is 17.6 Å². The molecule has 1 saturated heterocycles. The van der Waals surface area contributed by atoms with Gasteiger partial charge >= 0.3 is 0 Å². The Morgan fingerprint density at radius 2 is 2.35 bits per heavy atom. The van der Waals surface area contributed by atoms with Crippen LogP contribution in [0.1, 0.15) is 13.3 Å². The average Bonchev–Trinajstić information content (AvgIpc) is 2.91. The molecule has 0 saturated carbocycles. The standard InChI is InChI=1S/C12H13ClN2S2/c1-7-4-8(5-16-7)15-11-9(13)2-3-10-12(11)14-6-17-10/h2-3,6-8,15H,4-5H2,1H3. The first-order valence-corrected chi connectivity index (χ1v) is 7.94. The minimum Gasteiger partial charge on any atom is -0.378 e. The van der Waals surface area contributed by atoms with E-state index in [1.54, 1.807) is 11.3 Å². The molecule has 2 unspecified atom stereocenters. The van der Waals surface area contributed by atoms with Gasteiger partial charge in [-0.05, 0) is 18.6 Å². The zero-order valence-electron chi connectivity index (χ0n) is 9.44. The number of nitrogens with zero attached hydrogens (tertiary/aromatic N) is 1. The number of aromatic nitrogens is 1. The van der Waals surface area contributed by atoms with Crippen LogP contribution >= 0.6 is 34.7 Å². The quantitative estimate of drug-likeness (QED) is 0.892. The maximum atomic E-state index is 6.27. The van der Waals surface area contributed by atoms with Crippen molar-refractivity contribution in [3.8, 4) is 0 Å². The van der Waals surface area contributed by atoms with E-state index in [0.717, 1.165) is 27.2 Å².